The van der Waals surface area contributed by atoms with Crippen LogP contribution in [0.2, 0.25) is 0 Å². The van der Waals surface area contributed by atoms with E-state index in [4.69, 9.17) is 4.74 Å². The van der Waals surface area contributed by atoms with Crippen LogP contribution in [0, 0.1) is 0 Å². The quantitative estimate of drug-likeness (QED) is 0.119. The Morgan fingerprint density at radius 1 is 1.25 bits per heavy atom. The molecule has 2 heterocycles. The topological polar surface area (TPSA) is 113 Å². The maximum absolute atomic E-state index is 12.8. The van der Waals surface area contributed by atoms with E-state index in [9.17, 15) is 24.3 Å². The number of nitrogens with zero attached hydrogens (tertiary/aromatic N) is 1. The van der Waals surface area contributed by atoms with Crippen molar-refractivity contribution in [3.05, 3.63) is 69.7 Å². The first-order valence-corrected chi connectivity index (χ1v) is 12.3. The highest BCUT2D eigenvalue weighted by Crippen LogP contribution is 2.34. The molecule has 168 valence electrons. The van der Waals surface area contributed by atoms with Gasteiger partial charge in [0, 0.05) is 4.88 Å². The maximum atomic E-state index is 12.8. The van der Waals surface area contributed by atoms with Crippen molar-refractivity contribution >= 4 is 62.4 Å². The van der Waals surface area contributed by atoms with Gasteiger partial charge in [-0.05, 0) is 17.0 Å². The molecule has 2 N–H and O–H groups in total. The van der Waals surface area contributed by atoms with E-state index in [0.717, 1.165) is 27.1 Å². The number of benzene rings is 1. The minimum absolute atomic E-state index is 0.0623. The van der Waals surface area contributed by atoms with Gasteiger partial charge in [-0.25, -0.2) is 4.79 Å². The molecule has 2 atom stereocenters. The van der Waals surface area contributed by atoms with E-state index >= 15 is 0 Å². The van der Waals surface area contributed by atoms with Gasteiger partial charge < -0.3 is 15.2 Å². The van der Waals surface area contributed by atoms with E-state index in [2.05, 4.69) is 21.2 Å². The highest BCUT2D eigenvalue weighted by atomic mass is 79.9. The van der Waals surface area contributed by atoms with Crippen molar-refractivity contribution < 1.29 is 29.0 Å². The van der Waals surface area contributed by atoms with Crippen LogP contribution in [0.1, 0.15) is 10.4 Å². The lowest BCUT2D eigenvalue weighted by molar-refractivity contribution is -0.153. The summed E-state index contributed by atoms with van der Waals surface area (Å²) in [5.41, 5.74) is 0.873. The first-order chi connectivity index (χ1) is 15.5. The molecule has 3 rings (SSSR count). The van der Waals surface area contributed by atoms with Crippen LogP contribution >= 0.6 is 39.0 Å². The summed E-state index contributed by atoms with van der Waals surface area (Å²) in [7, 11) is 0. The average Bonchev–Trinajstić information content (AvgIpc) is 3.31. The number of halogens is 1. The number of likely N-dealkylation sites (tertiary alicyclic amines) is 1. The molecule has 1 saturated heterocycles. The standard InChI is InChI=1S/C21H19BrN2O6S2/c22-10-15(26)18(21(29)30-11-13-5-2-1-3-6-13)24-19(28)17(20(24)32-12-25)23-16(27)9-14-7-4-8-31-14/h1-8,12,17,20,26H,9-11H2,(H,23,27). The SMILES string of the molecule is O=CSC1C(NC(=O)Cc2cccs2)C(=O)N1C(C(=O)OCc1ccccc1)=C(O)CBr. The number of rotatable bonds is 10. The van der Waals surface area contributed by atoms with Crippen LogP contribution < -0.4 is 5.32 Å². The van der Waals surface area contributed by atoms with Crippen molar-refractivity contribution in [1.82, 2.24) is 10.2 Å². The van der Waals surface area contributed by atoms with Crippen LogP contribution in [0.25, 0.3) is 0 Å². The van der Waals surface area contributed by atoms with Gasteiger partial charge in [0.25, 0.3) is 5.91 Å². The Labute approximate surface area is 200 Å². The molecule has 0 radical (unpaired) electrons. The van der Waals surface area contributed by atoms with E-state index in [1.54, 1.807) is 30.3 Å². The molecule has 2 amide bonds. The largest absolute Gasteiger partial charge is 0.509 e. The van der Waals surface area contributed by atoms with Crippen molar-refractivity contribution in [3.8, 4) is 0 Å². The van der Waals surface area contributed by atoms with Gasteiger partial charge in [-0.3, -0.25) is 19.3 Å². The summed E-state index contributed by atoms with van der Waals surface area (Å²) in [6, 6.07) is 11.5. The van der Waals surface area contributed by atoms with Gasteiger partial charge in [0.05, 0.1) is 11.8 Å². The molecule has 2 aromatic rings. The smallest absolute Gasteiger partial charge is 0.358 e. The van der Waals surface area contributed by atoms with Gasteiger partial charge in [-0.1, -0.05) is 64.1 Å². The van der Waals surface area contributed by atoms with Crippen LogP contribution in [0.5, 0.6) is 0 Å². The van der Waals surface area contributed by atoms with Gasteiger partial charge >= 0.3 is 5.97 Å². The van der Waals surface area contributed by atoms with Gasteiger partial charge in [0.1, 0.15) is 23.8 Å². The third kappa shape index (κ3) is 5.59. The van der Waals surface area contributed by atoms with Crippen LogP contribution in [0.4, 0.5) is 0 Å². The summed E-state index contributed by atoms with van der Waals surface area (Å²) in [6.45, 7) is -0.0623. The van der Waals surface area contributed by atoms with Gasteiger partial charge in [-0.2, -0.15) is 0 Å². The summed E-state index contributed by atoms with van der Waals surface area (Å²) in [6.07, 6.45) is 0.0917. The summed E-state index contributed by atoms with van der Waals surface area (Å²) in [5.74, 6) is -2.35. The molecule has 8 nitrogen and oxygen atoms in total. The lowest BCUT2D eigenvalue weighted by atomic mass is 10.0. The van der Waals surface area contributed by atoms with E-state index in [-0.39, 0.29) is 30.0 Å². The maximum Gasteiger partial charge on any atom is 0.358 e. The molecule has 0 saturated carbocycles. The van der Waals surface area contributed by atoms with E-state index < -0.39 is 29.1 Å². The molecule has 0 spiro atoms. The van der Waals surface area contributed by atoms with Gasteiger partial charge in [0.2, 0.25) is 5.91 Å². The minimum Gasteiger partial charge on any atom is -0.509 e. The number of hydrogen-bond donors (Lipinski definition) is 2. The number of nitrogens with one attached hydrogen (secondary N) is 1. The van der Waals surface area contributed by atoms with Crippen LogP contribution in [0.3, 0.4) is 0 Å². The highest BCUT2D eigenvalue weighted by Gasteiger charge is 2.52. The number of thiophene rings is 1. The zero-order valence-electron chi connectivity index (χ0n) is 16.6. The molecule has 32 heavy (non-hydrogen) atoms. The Morgan fingerprint density at radius 3 is 2.62 bits per heavy atom. The minimum atomic E-state index is -1.02. The first-order valence-electron chi connectivity index (χ1n) is 9.39. The first kappa shape index (κ1) is 24.0. The molecule has 1 aliphatic heterocycles. The van der Waals surface area contributed by atoms with Crippen molar-refractivity contribution in [2.75, 3.05) is 5.33 Å². The zero-order valence-corrected chi connectivity index (χ0v) is 19.8. The third-order valence-electron chi connectivity index (χ3n) is 4.52. The lowest BCUT2D eigenvalue weighted by Gasteiger charge is -2.45. The number of aliphatic hydroxyl groups is 1. The van der Waals surface area contributed by atoms with Crippen LogP contribution in [-0.4, -0.2) is 50.2 Å². The molecule has 1 aromatic heterocycles. The van der Waals surface area contributed by atoms with Crippen LogP contribution in [0.15, 0.2) is 59.3 Å². The second kappa shape index (κ2) is 11.3. The molecule has 11 heteroatoms. The molecular weight excluding hydrogens is 520 g/mol. The van der Waals surface area contributed by atoms with Gasteiger partial charge in [0.15, 0.2) is 11.3 Å². The second-order valence-electron chi connectivity index (χ2n) is 6.62. The molecular formula is C21H19BrN2O6S2. The number of thioether (sulfide) groups is 1. The van der Waals surface area contributed by atoms with Gasteiger partial charge in [-0.15, -0.1) is 11.3 Å². The molecule has 0 aliphatic carbocycles. The Morgan fingerprint density at radius 2 is 2.00 bits per heavy atom. The number of carbonyl (C=O) groups is 4. The van der Waals surface area contributed by atoms with Crippen molar-refractivity contribution in [2.45, 2.75) is 24.4 Å². The number of carbonyl (C=O) groups excluding carboxylic acids is 4. The zero-order chi connectivity index (χ0) is 23.1. The number of amides is 2. The summed E-state index contributed by atoms with van der Waals surface area (Å²) in [4.78, 5) is 50.9. The van der Waals surface area contributed by atoms with E-state index in [1.165, 1.54) is 11.3 Å². The normalized spacial score (nSPS) is 18.4. The fraction of sp³-hybridized carbons (Fsp3) is 0.238. The van der Waals surface area contributed by atoms with Crippen molar-refractivity contribution in [2.24, 2.45) is 0 Å². The fourth-order valence-electron chi connectivity index (χ4n) is 3.04. The predicted octanol–water partition coefficient (Wildman–Crippen LogP) is 2.78. The molecule has 1 fully saturated rings. The molecule has 1 aliphatic rings. The van der Waals surface area contributed by atoms with Crippen LogP contribution in [-0.2, 0) is 36.9 Å². The monoisotopic (exact) mass is 538 g/mol. The number of β-lactam (4-membered cyclic amide) rings is 1. The number of hydrogen-bond acceptors (Lipinski definition) is 8. The molecule has 0 bridgehead atoms. The second-order valence-corrected chi connectivity index (χ2v) is 9.16. The highest BCUT2D eigenvalue weighted by molar-refractivity contribution is 9.09. The summed E-state index contributed by atoms with van der Waals surface area (Å²) < 4.78 is 5.28. The van der Waals surface area contributed by atoms with Crippen molar-refractivity contribution in [1.29, 1.82) is 0 Å². The van der Waals surface area contributed by atoms with E-state index in [0.29, 0.717) is 5.62 Å². The Kier molecular flexibility index (Phi) is 8.48. The number of allylic oxidation sites excluding steroid dienone is 1. The molecule has 1 aromatic carbocycles. The number of aliphatic hydroxyl groups excluding tert-OH is 1. The third-order valence-corrected chi connectivity index (χ3v) is 6.80. The lowest BCUT2D eigenvalue weighted by Crippen LogP contribution is -2.69. The number of ether oxygens (including phenoxy) is 1. The predicted molar refractivity (Wildman–Crippen MR) is 125 cm³/mol. The number of alkyl halides is 1. The summed E-state index contributed by atoms with van der Waals surface area (Å²) in [5, 5.41) is 13.8. The Hall–Kier alpha value is -2.63. The number of esters is 1. The molecule has 2 unspecified atom stereocenters. The summed E-state index contributed by atoms with van der Waals surface area (Å²) >= 11 is 5.20. The van der Waals surface area contributed by atoms with E-state index in [1.807, 2.05) is 17.5 Å². The Balaban J connectivity index is 1.74. The average molecular weight is 539 g/mol. The van der Waals surface area contributed by atoms with Crippen molar-refractivity contribution in [3.63, 3.8) is 0 Å². The Bertz CT molecular complexity index is 1010. The fourth-order valence-corrected chi connectivity index (χ4v) is 4.79.